The molecular formula is C13H11BrO4. The van der Waals surface area contributed by atoms with Gasteiger partial charge < -0.3 is 10.2 Å². The number of aliphatic carboxylic acids is 2. The Morgan fingerprint density at radius 2 is 1.72 bits per heavy atom. The number of carboxylic acids is 2. The van der Waals surface area contributed by atoms with Crippen LogP contribution in [0.3, 0.4) is 0 Å². The third kappa shape index (κ3) is 4.18. The van der Waals surface area contributed by atoms with Gasteiger partial charge in [0.25, 0.3) is 0 Å². The monoisotopic (exact) mass is 310 g/mol. The molecule has 0 aliphatic carbocycles. The fourth-order valence-electron chi connectivity index (χ4n) is 1.33. The summed E-state index contributed by atoms with van der Waals surface area (Å²) in [4.78, 5) is 21.6. The van der Waals surface area contributed by atoms with Crippen molar-refractivity contribution in [1.82, 2.24) is 0 Å². The summed E-state index contributed by atoms with van der Waals surface area (Å²) in [5.74, 6) is -2.33. The van der Waals surface area contributed by atoms with E-state index in [-0.39, 0.29) is 11.1 Å². The van der Waals surface area contributed by atoms with Crippen molar-refractivity contribution in [2.24, 2.45) is 0 Å². The van der Waals surface area contributed by atoms with Gasteiger partial charge in [0.15, 0.2) is 0 Å². The Morgan fingerprint density at radius 3 is 2.17 bits per heavy atom. The first-order valence-electron chi connectivity index (χ1n) is 5.02. The van der Waals surface area contributed by atoms with Gasteiger partial charge in [-0.3, -0.25) is 0 Å². The van der Waals surface area contributed by atoms with Crippen LogP contribution in [0.5, 0.6) is 0 Å². The lowest BCUT2D eigenvalue weighted by Gasteiger charge is -2.02. The number of carboxylic acid groups (broad SMARTS) is 2. The van der Waals surface area contributed by atoms with Gasteiger partial charge in [0.05, 0.1) is 5.57 Å². The molecule has 0 aliphatic heterocycles. The number of benzene rings is 1. The van der Waals surface area contributed by atoms with Gasteiger partial charge in [-0.2, -0.15) is 0 Å². The molecule has 0 fully saturated rings. The van der Waals surface area contributed by atoms with E-state index in [1.54, 1.807) is 24.3 Å². The minimum Gasteiger partial charge on any atom is -0.478 e. The van der Waals surface area contributed by atoms with Gasteiger partial charge in [0, 0.05) is 10.5 Å². The van der Waals surface area contributed by atoms with Crippen LogP contribution >= 0.6 is 15.9 Å². The Bertz CT molecular complexity index is 526. The molecule has 1 aromatic carbocycles. The lowest BCUT2D eigenvalue weighted by atomic mass is 10.0. The molecule has 0 aliphatic rings. The summed E-state index contributed by atoms with van der Waals surface area (Å²) in [6.45, 7) is 1.45. The van der Waals surface area contributed by atoms with Crippen molar-refractivity contribution in [1.29, 1.82) is 0 Å². The highest BCUT2D eigenvalue weighted by atomic mass is 79.9. The molecule has 18 heavy (non-hydrogen) atoms. The van der Waals surface area contributed by atoms with E-state index in [1.165, 1.54) is 13.0 Å². The maximum atomic E-state index is 11.1. The molecule has 94 valence electrons. The Morgan fingerprint density at radius 1 is 1.17 bits per heavy atom. The number of rotatable bonds is 4. The van der Waals surface area contributed by atoms with E-state index in [0.717, 1.165) is 10.5 Å². The Labute approximate surface area is 112 Å². The molecule has 4 nitrogen and oxygen atoms in total. The summed E-state index contributed by atoms with van der Waals surface area (Å²) in [7, 11) is 0. The predicted octanol–water partition coefficient (Wildman–Crippen LogP) is 2.95. The molecule has 0 saturated carbocycles. The van der Waals surface area contributed by atoms with E-state index in [0.29, 0.717) is 5.56 Å². The number of halogens is 1. The van der Waals surface area contributed by atoms with Gasteiger partial charge in [-0.1, -0.05) is 28.1 Å². The highest BCUT2D eigenvalue weighted by Gasteiger charge is 2.10. The standard InChI is InChI=1S/C13H11BrO4/c1-8(6-12(15)16)11(13(17)18)7-9-2-4-10(14)5-3-9/h2-7H,1H3,(H,15,16)(H,17,18)/b8-6-,11-7+. The van der Waals surface area contributed by atoms with Crippen molar-refractivity contribution >= 4 is 33.9 Å². The van der Waals surface area contributed by atoms with E-state index in [9.17, 15) is 9.59 Å². The van der Waals surface area contributed by atoms with E-state index in [4.69, 9.17) is 10.2 Å². The van der Waals surface area contributed by atoms with Gasteiger partial charge in [-0.05, 0) is 36.3 Å². The van der Waals surface area contributed by atoms with E-state index >= 15 is 0 Å². The predicted molar refractivity (Wildman–Crippen MR) is 71.1 cm³/mol. The second kappa shape index (κ2) is 6.16. The zero-order valence-corrected chi connectivity index (χ0v) is 11.1. The van der Waals surface area contributed by atoms with Gasteiger partial charge in [0.1, 0.15) is 0 Å². The van der Waals surface area contributed by atoms with Gasteiger partial charge >= 0.3 is 11.9 Å². The first-order chi connectivity index (χ1) is 8.40. The topological polar surface area (TPSA) is 74.6 Å². The van der Waals surface area contributed by atoms with Crippen LogP contribution in [-0.4, -0.2) is 22.2 Å². The molecule has 0 heterocycles. The quantitative estimate of drug-likeness (QED) is 0.662. The zero-order chi connectivity index (χ0) is 13.7. The van der Waals surface area contributed by atoms with Crippen LogP contribution in [0, 0.1) is 0 Å². The molecule has 0 atom stereocenters. The molecule has 0 saturated heterocycles. The SMILES string of the molecule is CC(=C/C(=O)O)/C(=C\c1ccc(Br)cc1)C(=O)O. The molecule has 2 N–H and O–H groups in total. The molecule has 0 spiro atoms. The van der Waals surface area contributed by atoms with Crippen molar-refractivity contribution in [3.8, 4) is 0 Å². The maximum Gasteiger partial charge on any atom is 0.335 e. The third-order valence-corrected chi connectivity index (χ3v) is 2.70. The van der Waals surface area contributed by atoms with Crippen molar-refractivity contribution in [3.05, 3.63) is 51.5 Å². The van der Waals surface area contributed by atoms with Crippen LogP contribution in [0.15, 0.2) is 46.0 Å². The van der Waals surface area contributed by atoms with Crippen LogP contribution in [0.4, 0.5) is 0 Å². The fraction of sp³-hybridized carbons (Fsp3) is 0.0769. The highest BCUT2D eigenvalue weighted by Crippen LogP contribution is 2.17. The van der Waals surface area contributed by atoms with Crippen LogP contribution in [0.2, 0.25) is 0 Å². The number of hydrogen-bond acceptors (Lipinski definition) is 2. The lowest BCUT2D eigenvalue weighted by Crippen LogP contribution is -2.03. The second-order valence-corrected chi connectivity index (χ2v) is 4.50. The zero-order valence-electron chi connectivity index (χ0n) is 9.55. The lowest BCUT2D eigenvalue weighted by molar-refractivity contribution is -0.132. The molecule has 0 aromatic heterocycles. The van der Waals surface area contributed by atoms with Gasteiger partial charge in [0.2, 0.25) is 0 Å². The van der Waals surface area contributed by atoms with Crippen molar-refractivity contribution < 1.29 is 19.8 Å². The molecule has 1 rings (SSSR count). The largest absolute Gasteiger partial charge is 0.478 e. The van der Waals surface area contributed by atoms with E-state index in [2.05, 4.69) is 15.9 Å². The average Bonchev–Trinajstić information content (AvgIpc) is 2.26. The third-order valence-electron chi connectivity index (χ3n) is 2.18. The van der Waals surface area contributed by atoms with Crippen LogP contribution < -0.4 is 0 Å². The molecule has 0 radical (unpaired) electrons. The van der Waals surface area contributed by atoms with Crippen molar-refractivity contribution in [3.63, 3.8) is 0 Å². The average molecular weight is 311 g/mol. The molecular weight excluding hydrogens is 300 g/mol. The van der Waals surface area contributed by atoms with E-state index in [1.807, 2.05) is 0 Å². The van der Waals surface area contributed by atoms with Gasteiger partial charge in [-0.25, -0.2) is 9.59 Å². The molecule has 0 amide bonds. The highest BCUT2D eigenvalue weighted by molar-refractivity contribution is 9.10. The molecule has 0 bridgehead atoms. The normalized spacial score (nSPS) is 12.3. The summed E-state index contributed by atoms with van der Waals surface area (Å²) >= 11 is 3.28. The Balaban J connectivity index is 3.17. The fourth-order valence-corrected chi connectivity index (χ4v) is 1.60. The number of carbonyl (C=O) groups is 2. The first-order valence-corrected chi connectivity index (χ1v) is 5.81. The molecule has 5 heteroatoms. The maximum absolute atomic E-state index is 11.1. The van der Waals surface area contributed by atoms with Gasteiger partial charge in [-0.15, -0.1) is 0 Å². The van der Waals surface area contributed by atoms with Crippen molar-refractivity contribution in [2.45, 2.75) is 6.92 Å². The summed E-state index contributed by atoms with van der Waals surface area (Å²) in [5, 5.41) is 17.7. The minimum absolute atomic E-state index is 0.0419. The molecule has 1 aromatic rings. The summed E-state index contributed by atoms with van der Waals surface area (Å²) < 4.78 is 0.884. The molecule has 0 unspecified atom stereocenters. The smallest absolute Gasteiger partial charge is 0.335 e. The van der Waals surface area contributed by atoms with Crippen LogP contribution in [-0.2, 0) is 9.59 Å². The summed E-state index contributed by atoms with van der Waals surface area (Å²) in [6, 6.07) is 7.03. The van der Waals surface area contributed by atoms with Crippen molar-refractivity contribution in [2.75, 3.05) is 0 Å². The first kappa shape index (κ1) is 14.2. The number of hydrogen-bond donors (Lipinski definition) is 2. The van der Waals surface area contributed by atoms with Crippen LogP contribution in [0.1, 0.15) is 12.5 Å². The summed E-state index contributed by atoms with van der Waals surface area (Å²) in [5.41, 5.74) is 0.839. The Hall–Kier alpha value is -1.88. The Kier molecular flexibility index (Phi) is 4.85. The second-order valence-electron chi connectivity index (χ2n) is 3.58. The summed E-state index contributed by atoms with van der Waals surface area (Å²) in [6.07, 6.45) is 2.31. The van der Waals surface area contributed by atoms with E-state index < -0.39 is 11.9 Å². The minimum atomic E-state index is -1.17. The van der Waals surface area contributed by atoms with Crippen LogP contribution in [0.25, 0.3) is 6.08 Å².